The number of aryl methyl sites for hydroxylation is 2. The molecular weight excluding hydrogens is 314 g/mol. The lowest BCUT2D eigenvalue weighted by molar-refractivity contribution is -0.115. The second-order valence-corrected chi connectivity index (χ2v) is 8.03. The fraction of sp³-hybridized carbons (Fsp3) is 0.562. The Kier molecular flexibility index (Phi) is 4.68. The van der Waals surface area contributed by atoms with Crippen molar-refractivity contribution in [1.82, 2.24) is 9.97 Å². The van der Waals surface area contributed by atoms with Gasteiger partial charge in [-0.25, -0.2) is 9.97 Å². The van der Waals surface area contributed by atoms with E-state index in [2.05, 4.69) is 13.8 Å². The summed E-state index contributed by atoms with van der Waals surface area (Å²) in [7, 11) is 0. The van der Waals surface area contributed by atoms with Gasteiger partial charge in [0.15, 0.2) is 0 Å². The molecule has 0 radical (unpaired) electrons. The van der Waals surface area contributed by atoms with Gasteiger partial charge in [0.1, 0.15) is 15.7 Å². The predicted molar refractivity (Wildman–Crippen MR) is 92.5 cm³/mol. The summed E-state index contributed by atoms with van der Waals surface area (Å²) in [6.07, 6.45) is 5.35. The van der Waals surface area contributed by atoms with E-state index in [0.717, 1.165) is 47.3 Å². The van der Waals surface area contributed by atoms with Crippen LogP contribution in [0.15, 0.2) is 5.03 Å². The summed E-state index contributed by atoms with van der Waals surface area (Å²) >= 11 is 3.27. The number of hydrogen-bond donors (Lipinski definition) is 1. The minimum absolute atomic E-state index is 0.276. The first-order valence-electron chi connectivity index (χ1n) is 7.80. The van der Waals surface area contributed by atoms with Gasteiger partial charge in [-0.15, -0.1) is 11.3 Å². The third kappa shape index (κ3) is 3.13. The molecule has 4 nitrogen and oxygen atoms in total. The number of thioether (sulfide) groups is 1. The van der Waals surface area contributed by atoms with Crippen LogP contribution >= 0.6 is 23.1 Å². The number of amides is 1. The molecule has 0 saturated heterocycles. The van der Waals surface area contributed by atoms with Crippen LogP contribution in [0.25, 0.3) is 10.2 Å². The fourth-order valence-electron chi connectivity index (χ4n) is 2.93. The molecule has 0 spiro atoms. The fourth-order valence-corrected chi connectivity index (χ4v) is 5.21. The number of hydrogen-bond acceptors (Lipinski definition) is 5. The number of thiophene rings is 1. The maximum Gasteiger partial charge on any atom is 0.227 e. The number of carbonyl (C=O) groups is 1. The van der Waals surface area contributed by atoms with E-state index in [1.165, 1.54) is 34.0 Å². The van der Waals surface area contributed by atoms with Crippen molar-refractivity contribution < 1.29 is 4.79 Å². The number of nitrogens with two attached hydrogens (primary N) is 1. The summed E-state index contributed by atoms with van der Waals surface area (Å²) in [5, 5.41) is 2.12. The molecule has 0 bridgehead atoms. The van der Waals surface area contributed by atoms with Gasteiger partial charge in [-0.2, -0.15) is 0 Å². The highest BCUT2D eigenvalue weighted by atomic mass is 32.2. The lowest BCUT2D eigenvalue weighted by atomic mass is 9.89. The summed E-state index contributed by atoms with van der Waals surface area (Å²) in [6, 6.07) is 0. The number of carbonyl (C=O) groups excluding carboxylic acids is 1. The monoisotopic (exact) mass is 335 g/mol. The zero-order valence-electron chi connectivity index (χ0n) is 13.0. The molecule has 2 heterocycles. The van der Waals surface area contributed by atoms with Gasteiger partial charge in [-0.1, -0.05) is 25.6 Å². The first kappa shape index (κ1) is 15.7. The quantitative estimate of drug-likeness (QED) is 0.672. The van der Waals surface area contributed by atoms with E-state index in [-0.39, 0.29) is 11.7 Å². The second kappa shape index (κ2) is 6.54. The third-order valence-corrected chi connectivity index (χ3v) is 6.14. The van der Waals surface area contributed by atoms with Crippen molar-refractivity contribution in [3.05, 3.63) is 16.3 Å². The maximum atomic E-state index is 11.1. The Labute approximate surface area is 138 Å². The molecule has 0 aliphatic heterocycles. The number of aromatic nitrogens is 2. The van der Waals surface area contributed by atoms with Gasteiger partial charge in [0.25, 0.3) is 0 Å². The molecule has 0 aromatic carbocycles. The molecule has 1 amide bonds. The molecule has 2 N–H and O–H groups in total. The highest BCUT2D eigenvalue weighted by Gasteiger charge is 2.24. The molecule has 1 atom stereocenters. The molecule has 2 aromatic rings. The van der Waals surface area contributed by atoms with Gasteiger partial charge in [-0.05, 0) is 37.2 Å². The molecule has 6 heteroatoms. The summed E-state index contributed by atoms with van der Waals surface area (Å²) < 4.78 is 0. The lowest BCUT2D eigenvalue weighted by Crippen LogP contribution is -2.13. The van der Waals surface area contributed by atoms with Gasteiger partial charge in [-0.3, -0.25) is 4.79 Å². The zero-order chi connectivity index (χ0) is 15.7. The van der Waals surface area contributed by atoms with Crippen molar-refractivity contribution >= 4 is 39.2 Å². The van der Waals surface area contributed by atoms with Crippen LogP contribution in [-0.2, 0) is 24.1 Å². The first-order valence-corrected chi connectivity index (χ1v) is 9.61. The van der Waals surface area contributed by atoms with Gasteiger partial charge >= 0.3 is 0 Å². The standard InChI is InChI=1S/C16H21N3OS2/c1-3-4-13-18-15(21-8-12(17)20)14-10-6-5-9(2)7-11(10)22-16(14)19-13/h9H,3-8H2,1-2H3,(H2,17,20)/t9-/m1/s1. The Bertz CT molecular complexity index is 711. The van der Waals surface area contributed by atoms with E-state index >= 15 is 0 Å². The van der Waals surface area contributed by atoms with Crippen LogP contribution in [0.5, 0.6) is 0 Å². The molecule has 1 aliphatic carbocycles. The summed E-state index contributed by atoms with van der Waals surface area (Å²) in [4.78, 5) is 23.2. The normalized spacial score (nSPS) is 17.6. The van der Waals surface area contributed by atoms with Crippen molar-refractivity contribution in [2.24, 2.45) is 11.7 Å². The zero-order valence-corrected chi connectivity index (χ0v) is 14.6. The second-order valence-electron chi connectivity index (χ2n) is 5.98. The van der Waals surface area contributed by atoms with E-state index < -0.39 is 0 Å². The van der Waals surface area contributed by atoms with E-state index in [9.17, 15) is 4.79 Å². The van der Waals surface area contributed by atoms with Crippen molar-refractivity contribution in [2.75, 3.05) is 5.75 Å². The van der Waals surface area contributed by atoms with Crippen LogP contribution in [0, 0.1) is 5.92 Å². The van der Waals surface area contributed by atoms with Crippen molar-refractivity contribution in [2.45, 2.75) is 51.0 Å². The highest BCUT2D eigenvalue weighted by molar-refractivity contribution is 8.00. The summed E-state index contributed by atoms with van der Waals surface area (Å²) in [5.74, 6) is 1.60. The molecule has 22 heavy (non-hydrogen) atoms. The van der Waals surface area contributed by atoms with Gasteiger partial charge < -0.3 is 5.73 Å². The molecular formula is C16H21N3OS2. The molecule has 1 aliphatic rings. The largest absolute Gasteiger partial charge is 0.369 e. The van der Waals surface area contributed by atoms with Gasteiger partial charge in [0.05, 0.1) is 5.75 Å². The summed E-state index contributed by atoms with van der Waals surface area (Å²) in [6.45, 7) is 4.44. The van der Waals surface area contributed by atoms with Crippen LogP contribution in [0.4, 0.5) is 0 Å². The average Bonchev–Trinajstić information content (AvgIpc) is 2.82. The van der Waals surface area contributed by atoms with Gasteiger partial charge in [0.2, 0.25) is 5.91 Å². The van der Waals surface area contributed by atoms with Crippen LogP contribution < -0.4 is 5.73 Å². The SMILES string of the molecule is CCCc1nc(SCC(N)=O)c2c3c(sc2n1)C[C@H](C)CC3. The Morgan fingerprint density at radius 3 is 3.00 bits per heavy atom. The van der Waals surface area contributed by atoms with Crippen LogP contribution in [0.2, 0.25) is 0 Å². The molecule has 0 saturated carbocycles. The van der Waals surface area contributed by atoms with Crippen LogP contribution in [0.3, 0.4) is 0 Å². The smallest absolute Gasteiger partial charge is 0.227 e. The minimum Gasteiger partial charge on any atom is -0.369 e. The number of nitrogens with zero attached hydrogens (tertiary/aromatic N) is 2. The van der Waals surface area contributed by atoms with Crippen LogP contribution in [-0.4, -0.2) is 21.6 Å². The van der Waals surface area contributed by atoms with Crippen molar-refractivity contribution in [1.29, 1.82) is 0 Å². The topological polar surface area (TPSA) is 68.9 Å². The average molecular weight is 335 g/mol. The van der Waals surface area contributed by atoms with E-state index in [1.807, 2.05) is 11.3 Å². The number of primary amides is 1. The number of rotatable bonds is 5. The number of fused-ring (bicyclic) bond motifs is 3. The summed E-state index contributed by atoms with van der Waals surface area (Å²) in [5.41, 5.74) is 6.72. The Hall–Kier alpha value is -1.14. The van der Waals surface area contributed by atoms with E-state index in [1.54, 1.807) is 0 Å². The lowest BCUT2D eigenvalue weighted by Gasteiger charge is -2.18. The Morgan fingerprint density at radius 2 is 2.27 bits per heavy atom. The van der Waals surface area contributed by atoms with E-state index in [4.69, 9.17) is 15.7 Å². The maximum absolute atomic E-state index is 11.1. The highest BCUT2D eigenvalue weighted by Crippen LogP contribution is 2.40. The molecule has 3 rings (SSSR count). The Morgan fingerprint density at radius 1 is 1.45 bits per heavy atom. The first-order chi connectivity index (χ1) is 10.6. The molecule has 118 valence electrons. The van der Waals surface area contributed by atoms with E-state index in [0.29, 0.717) is 0 Å². The predicted octanol–water partition coefficient (Wildman–Crippen LogP) is 3.35. The molecule has 0 fully saturated rings. The van der Waals surface area contributed by atoms with Crippen LogP contribution in [0.1, 0.15) is 43.0 Å². The van der Waals surface area contributed by atoms with Crippen molar-refractivity contribution in [3.8, 4) is 0 Å². The molecule has 0 unspecified atom stereocenters. The van der Waals surface area contributed by atoms with Gasteiger partial charge in [0, 0.05) is 16.7 Å². The molecule has 2 aromatic heterocycles. The third-order valence-electron chi connectivity index (χ3n) is 3.99. The van der Waals surface area contributed by atoms with Crippen molar-refractivity contribution in [3.63, 3.8) is 0 Å². The Balaban J connectivity index is 2.09. The minimum atomic E-state index is -0.300.